The average Bonchev–Trinajstić information content (AvgIpc) is 3.07. The lowest BCUT2D eigenvalue weighted by atomic mass is 10.1. The third-order valence-electron chi connectivity index (χ3n) is 3.86. The lowest BCUT2D eigenvalue weighted by Crippen LogP contribution is -2.10. The Morgan fingerprint density at radius 2 is 1.84 bits per heavy atom. The first-order valence-electron chi connectivity index (χ1n) is 7.85. The molecule has 0 unspecified atom stereocenters. The van der Waals surface area contributed by atoms with Crippen LogP contribution in [0, 0.1) is 13.8 Å². The van der Waals surface area contributed by atoms with Crippen LogP contribution < -0.4 is 10.1 Å². The number of nitrogens with one attached hydrogen (secondary N) is 1. The molecule has 25 heavy (non-hydrogen) atoms. The predicted octanol–water partition coefficient (Wildman–Crippen LogP) is 5.85. The maximum absolute atomic E-state index is 12.4. The summed E-state index contributed by atoms with van der Waals surface area (Å²) < 4.78 is 5.70. The Balaban J connectivity index is 1.61. The van der Waals surface area contributed by atoms with Crippen LogP contribution in [-0.4, -0.2) is 5.91 Å². The standard InChI is InChI=1S/C20H18ClNO2S/c1-13-3-6-17(9-14(13)2)22-20(23)19-10-15(12-25-19)11-24-18-7-4-16(21)5-8-18/h3-10,12H,11H2,1-2H3,(H,22,23). The van der Waals surface area contributed by atoms with E-state index < -0.39 is 0 Å². The molecule has 1 aromatic heterocycles. The molecule has 0 saturated heterocycles. The molecule has 3 rings (SSSR count). The third-order valence-corrected chi connectivity index (χ3v) is 5.09. The summed E-state index contributed by atoms with van der Waals surface area (Å²) in [5, 5.41) is 5.55. The lowest BCUT2D eigenvalue weighted by molar-refractivity contribution is 0.103. The van der Waals surface area contributed by atoms with Crippen LogP contribution in [0.25, 0.3) is 0 Å². The second kappa shape index (κ2) is 7.72. The average molecular weight is 372 g/mol. The summed E-state index contributed by atoms with van der Waals surface area (Å²) in [7, 11) is 0. The number of benzene rings is 2. The van der Waals surface area contributed by atoms with Gasteiger partial charge in [-0.3, -0.25) is 4.79 Å². The maximum atomic E-state index is 12.4. The van der Waals surface area contributed by atoms with Crippen LogP contribution in [0.2, 0.25) is 5.02 Å². The van der Waals surface area contributed by atoms with Crippen LogP contribution in [0.15, 0.2) is 53.9 Å². The Morgan fingerprint density at radius 3 is 2.56 bits per heavy atom. The second-order valence-corrected chi connectivity index (χ2v) is 7.16. The number of ether oxygens (including phenoxy) is 1. The van der Waals surface area contributed by atoms with Crippen LogP contribution in [0.1, 0.15) is 26.4 Å². The van der Waals surface area contributed by atoms with E-state index in [4.69, 9.17) is 16.3 Å². The Bertz CT molecular complexity index is 887. The molecule has 0 saturated carbocycles. The monoisotopic (exact) mass is 371 g/mol. The quantitative estimate of drug-likeness (QED) is 0.610. The zero-order valence-corrected chi connectivity index (χ0v) is 15.6. The molecule has 0 atom stereocenters. The molecule has 0 aliphatic heterocycles. The van der Waals surface area contributed by atoms with E-state index in [-0.39, 0.29) is 5.91 Å². The number of carbonyl (C=O) groups is 1. The summed E-state index contributed by atoms with van der Waals surface area (Å²) in [6.07, 6.45) is 0. The normalized spacial score (nSPS) is 10.5. The van der Waals surface area contributed by atoms with Gasteiger partial charge in [0.2, 0.25) is 0 Å². The minimum Gasteiger partial charge on any atom is -0.489 e. The molecular formula is C20H18ClNO2S. The fourth-order valence-electron chi connectivity index (χ4n) is 2.28. The Morgan fingerprint density at radius 1 is 1.08 bits per heavy atom. The minimum atomic E-state index is -0.106. The molecule has 3 nitrogen and oxygen atoms in total. The van der Waals surface area contributed by atoms with Crippen molar-refractivity contribution in [2.24, 2.45) is 0 Å². The van der Waals surface area contributed by atoms with Crippen molar-refractivity contribution in [1.29, 1.82) is 0 Å². The fourth-order valence-corrected chi connectivity index (χ4v) is 3.20. The van der Waals surface area contributed by atoms with Gasteiger partial charge in [-0.2, -0.15) is 0 Å². The Labute approximate surface area is 156 Å². The number of thiophene rings is 1. The number of amides is 1. The molecule has 0 radical (unpaired) electrons. The number of carbonyl (C=O) groups excluding carboxylic acids is 1. The highest BCUT2D eigenvalue weighted by molar-refractivity contribution is 7.12. The summed E-state index contributed by atoms with van der Waals surface area (Å²) in [5.74, 6) is 0.641. The van der Waals surface area contributed by atoms with Crippen LogP contribution >= 0.6 is 22.9 Å². The van der Waals surface area contributed by atoms with Gasteiger partial charge in [-0.15, -0.1) is 11.3 Å². The number of anilines is 1. The van der Waals surface area contributed by atoms with Crippen molar-refractivity contribution in [1.82, 2.24) is 0 Å². The van der Waals surface area contributed by atoms with E-state index >= 15 is 0 Å². The first-order chi connectivity index (χ1) is 12.0. The Hall–Kier alpha value is -2.30. The highest BCUT2D eigenvalue weighted by Crippen LogP contribution is 2.21. The number of halogens is 1. The molecule has 0 aliphatic rings. The first kappa shape index (κ1) is 17.5. The van der Waals surface area contributed by atoms with Crippen LogP contribution in [0.4, 0.5) is 5.69 Å². The van der Waals surface area contributed by atoms with Crippen molar-refractivity contribution < 1.29 is 9.53 Å². The van der Waals surface area contributed by atoms with E-state index in [1.807, 2.05) is 55.6 Å². The van der Waals surface area contributed by atoms with Gasteiger partial charge in [0.15, 0.2) is 0 Å². The maximum Gasteiger partial charge on any atom is 0.265 e. The van der Waals surface area contributed by atoms with Crippen molar-refractivity contribution in [3.63, 3.8) is 0 Å². The van der Waals surface area contributed by atoms with Crippen LogP contribution in [-0.2, 0) is 6.61 Å². The largest absolute Gasteiger partial charge is 0.489 e. The first-order valence-corrected chi connectivity index (χ1v) is 9.11. The van der Waals surface area contributed by atoms with E-state index in [1.165, 1.54) is 16.9 Å². The summed E-state index contributed by atoms with van der Waals surface area (Å²) in [6.45, 7) is 4.49. The van der Waals surface area contributed by atoms with Crippen molar-refractivity contribution in [3.8, 4) is 5.75 Å². The van der Waals surface area contributed by atoms with Gasteiger partial charge in [0.25, 0.3) is 5.91 Å². The van der Waals surface area contributed by atoms with E-state index in [0.29, 0.717) is 16.5 Å². The van der Waals surface area contributed by atoms with E-state index in [0.717, 1.165) is 22.6 Å². The smallest absolute Gasteiger partial charge is 0.265 e. The molecule has 1 N–H and O–H groups in total. The van der Waals surface area contributed by atoms with E-state index in [9.17, 15) is 4.79 Å². The number of rotatable bonds is 5. The van der Waals surface area contributed by atoms with E-state index in [1.54, 1.807) is 12.1 Å². The molecule has 2 aromatic carbocycles. The van der Waals surface area contributed by atoms with Crippen molar-refractivity contribution >= 4 is 34.5 Å². The Kier molecular flexibility index (Phi) is 5.41. The van der Waals surface area contributed by atoms with Gasteiger partial charge in [0.1, 0.15) is 12.4 Å². The molecule has 128 valence electrons. The number of hydrogen-bond acceptors (Lipinski definition) is 3. The molecular weight excluding hydrogens is 354 g/mol. The van der Waals surface area contributed by atoms with Gasteiger partial charge in [-0.05, 0) is 72.8 Å². The van der Waals surface area contributed by atoms with Gasteiger partial charge in [-0.25, -0.2) is 0 Å². The molecule has 1 amide bonds. The molecule has 0 aliphatic carbocycles. The summed E-state index contributed by atoms with van der Waals surface area (Å²) in [5.41, 5.74) is 4.13. The van der Waals surface area contributed by atoms with Crippen molar-refractivity contribution in [3.05, 3.63) is 80.5 Å². The van der Waals surface area contributed by atoms with Gasteiger partial charge >= 0.3 is 0 Å². The zero-order valence-electron chi connectivity index (χ0n) is 14.0. The number of aryl methyl sites for hydroxylation is 2. The highest BCUT2D eigenvalue weighted by Gasteiger charge is 2.10. The molecule has 0 bridgehead atoms. The lowest BCUT2D eigenvalue weighted by Gasteiger charge is -2.06. The van der Waals surface area contributed by atoms with Gasteiger partial charge in [-0.1, -0.05) is 17.7 Å². The molecule has 0 fully saturated rings. The van der Waals surface area contributed by atoms with Crippen molar-refractivity contribution in [2.45, 2.75) is 20.5 Å². The third kappa shape index (κ3) is 4.62. The van der Waals surface area contributed by atoms with Crippen molar-refractivity contribution in [2.75, 3.05) is 5.32 Å². The highest BCUT2D eigenvalue weighted by atomic mass is 35.5. The summed E-state index contributed by atoms with van der Waals surface area (Å²) in [6, 6.07) is 15.0. The second-order valence-electron chi connectivity index (χ2n) is 5.81. The topological polar surface area (TPSA) is 38.3 Å². The molecule has 3 aromatic rings. The van der Waals surface area contributed by atoms with Crippen LogP contribution in [0.5, 0.6) is 5.75 Å². The SMILES string of the molecule is Cc1ccc(NC(=O)c2cc(COc3ccc(Cl)cc3)cs2)cc1C. The van der Waals surface area contributed by atoms with Gasteiger partial charge in [0, 0.05) is 16.3 Å². The van der Waals surface area contributed by atoms with Gasteiger partial charge < -0.3 is 10.1 Å². The predicted molar refractivity (Wildman–Crippen MR) is 104 cm³/mol. The fraction of sp³-hybridized carbons (Fsp3) is 0.150. The zero-order chi connectivity index (χ0) is 17.8. The summed E-state index contributed by atoms with van der Waals surface area (Å²) in [4.78, 5) is 13.0. The summed E-state index contributed by atoms with van der Waals surface area (Å²) >= 11 is 7.26. The number of hydrogen-bond donors (Lipinski definition) is 1. The molecule has 1 heterocycles. The molecule has 5 heteroatoms. The van der Waals surface area contributed by atoms with Crippen LogP contribution in [0.3, 0.4) is 0 Å². The molecule has 0 spiro atoms. The van der Waals surface area contributed by atoms with E-state index in [2.05, 4.69) is 5.32 Å². The van der Waals surface area contributed by atoms with Gasteiger partial charge in [0.05, 0.1) is 4.88 Å². The minimum absolute atomic E-state index is 0.106.